The first kappa shape index (κ1) is 27.0. The molecule has 1 fully saturated rings. The number of piperazine rings is 1. The van der Waals surface area contributed by atoms with E-state index in [1.165, 1.54) is 5.56 Å². The maximum absolute atomic E-state index is 11.5. The van der Waals surface area contributed by atoms with Crippen LogP contribution in [0, 0.1) is 0 Å². The van der Waals surface area contributed by atoms with Crippen molar-refractivity contribution >= 4 is 52.1 Å². The van der Waals surface area contributed by atoms with E-state index in [4.69, 9.17) is 22.5 Å². The average molecular weight is 496 g/mol. The predicted molar refractivity (Wildman–Crippen MR) is 130 cm³/mol. The van der Waals surface area contributed by atoms with Crippen LogP contribution < -0.4 is 15.8 Å². The SMILES string of the molecule is Cl.Cl.N[C@H](Cc1ccc(Cl)cc1)CN1CCN(c2ccccc2CS(N)(=O)=O)CC1. The Balaban J connectivity index is 0.00000225. The van der Waals surface area contributed by atoms with E-state index in [2.05, 4.69) is 9.80 Å². The van der Waals surface area contributed by atoms with Crippen LogP contribution in [0.2, 0.25) is 5.02 Å². The third-order valence-corrected chi connectivity index (χ3v) is 5.93. The molecule has 3 rings (SSSR count). The van der Waals surface area contributed by atoms with Crippen LogP contribution in [0.4, 0.5) is 5.69 Å². The highest BCUT2D eigenvalue weighted by Crippen LogP contribution is 2.23. The van der Waals surface area contributed by atoms with Gasteiger partial charge in [-0.1, -0.05) is 41.9 Å². The normalized spacial score (nSPS) is 15.8. The van der Waals surface area contributed by atoms with Gasteiger partial charge in [0.05, 0.1) is 5.75 Å². The minimum absolute atomic E-state index is 0. The summed E-state index contributed by atoms with van der Waals surface area (Å²) in [6.45, 7) is 4.26. The van der Waals surface area contributed by atoms with Gasteiger partial charge in [-0.3, -0.25) is 4.90 Å². The molecule has 2 aromatic rings. The van der Waals surface area contributed by atoms with E-state index >= 15 is 0 Å². The largest absolute Gasteiger partial charge is 0.369 e. The Hall–Kier alpha value is -1.06. The summed E-state index contributed by atoms with van der Waals surface area (Å²) in [7, 11) is -3.56. The van der Waals surface area contributed by atoms with Crippen molar-refractivity contribution in [1.82, 2.24) is 4.90 Å². The second-order valence-corrected chi connectivity index (χ2v) is 9.37. The summed E-state index contributed by atoms with van der Waals surface area (Å²) >= 11 is 5.93. The Morgan fingerprint density at radius 1 is 0.967 bits per heavy atom. The first-order chi connectivity index (χ1) is 13.3. The van der Waals surface area contributed by atoms with Gasteiger partial charge in [0.1, 0.15) is 0 Å². The monoisotopic (exact) mass is 494 g/mol. The quantitative estimate of drug-likeness (QED) is 0.616. The van der Waals surface area contributed by atoms with E-state index in [1.807, 2.05) is 48.5 Å². The van der Waals surface area contributed by atoms with Crippen molar-refractivity contribution < 1.29 is 8.42 Å². The molecule has 1 aliphatic rings. The molecular weight excluding hydrogens is 467 g/mol. The van der Waals surface area contributed by atoms with Gasteiger partial charge in [-0.15, -0.1) is 24.8 Å². The molecule has 10 heteroatoms. The molecule has 168 valence electrons. The Morgan fingerprint density at radius 3 is 2.17 bits per heavy atom. The number of rotatable bonds is 7. The van der Waals surface area contributed by atoms with Gasteiger partial charge in [-0.25, -0.2) is 13.6 Å². The van der Waals surface area contributed by atoms with E-state index in [0.29, 0.717) is 0 Å². The van der Waals surface area contributed by atoms with Crippen molar-refractivity contribution in [2.75, 3.05) is 37.6 Å². The molecule has 2 aromatic carbocycles. The molecular formula is C20H29Cl3N4O2S. The lowest BCUT2D eigenvalue weighted by atomic mass is 10.1. The molecule has 30 heavy (non-hydrogen) atoms. The summed E-state index contributed by atoms with van der Waals surface area (Å²) in [6.07, 6.45) is 0.814. The van der Waals surface area contributed by atoms with Crippen LogP contribution in [0.15, 0.2) is 48.5 Å². The standard InChI is InChI=1S/C20H27ClN4O2S.2ClH/c21-18-7-5-16(6-8-18)13-19(22)14-24-9-11-25(12-10-24)20-4-2-1-3-17(20)15-28(23,26)27;;/h1-8,19H,9-15,22H2,(H2,23,26,27);2*1H/t19-;;/m1../s1. The molecule has 0 spiro atoms. The molecule has 4 N–H and O–H groups in total. The van der Waals surface area contributed by atoms with E-state index < -0.39 is 10.0 Å². The van der Waals surface area contributed by atoms with Gasteiger partial charge >= 0.3 is 0 Å². The molecule has 0 aromatic heterocycles. The minimum atomic E-state index is -3.56. The molecule has 1 saturated heterocycles. The number of hydrogen-bond acceptors (Lipinski definition) is 5. The summed E-state index contributed by atoms with van der Waals surface area (Å²) < 4.78 is 23.0. The Bertz CT molecular complexity index is 889. The number of primary sulfonamides is 1. The lowest BCUT2D eigenvalue weighted by molar-refractivity contribution is 0.242. The maximum Gasteiger partial charge on any atom is 0.213 e. The van der Waals surface area contributed by atoms with Crippen molar-refractivity contribution in [1.29, 1.82) is 0 Å². The molecule has 0 bridgehead atoms. The van der Waals surface area contributed by atoms with Gasteiger partial charge in [0.25, 0.3) is 0 Å². The van der Waals surface area contributed by atoms with E-state index in [1.54, 1.807) is 0 Å². The van der Waals surface area contributed by atoms with Crippen molar-refractivity contribution in [2.24, 2.45) is 10.9 Å². The third kappa shape index (κ3) is 8.23. The minimum Gasteiger partial charge on any atom is -0.369 e. The number of sulfonamides is 1. The number of para-hydroxylation sites is 1. The Morgan fingerprint density at radius 2 is 1.57 bits per heavy atom. The van der Waals surface area contributed by atoms with Gasteiger partial charge < -0.3 is 10.6 Å². The van der Waals surface area contributed by atoms with Gasteiger partial charge in [0, 0.05) is 49.5 Å². The first-order valence-electron chi connectivity index (χ1n) is 9.36. The number of nitrogens with two attached hydrogens (primary N) is 2. The molecule has 0 radical (unpaired) electrons. The van der Waals surface area contributed by atoms with E-state index in [0.717, 1.165) is 55.4 Å². The zero-order chi connectivity index (χ0) is 20.1. The summed E-state index contributed by atoms with van der Waals surface area (Å²) in [5, 5.41) is 5.97. The highest BCUT2D eigenvalue weighted by Gasteiger charge is 2.21. The van der Waals surface area contributed by atoms with E-state index in [9.17, 15) is 8.42 Å². The lowest BCUT2D eigenvalue weighted by Gasteiger charge is -2.38. The number of nitrogens with zero attached hydrogens (tertiary/aromatic N) is 2. The number of anilines is 1. The fraction of sp³-hybridized carbons (Fsp3) is 0.400. The average Bonchev–Trinajstić information content (AvgIpc) is 2.63. The molecule has 1 atom stereocenters. The molecule has 1 aliphatic heterocycles. The second kappa shape index (κ2) is 12.1. The van der Waals surface area contributed by atoms with Gasteiger partial charge in [0.15, 0.2) is 0 Å². The summed E-state index contributed by atoms with van der Waals surface area (Å²) in [5.74, 6) is -0.143. The number of halogens is 3. The summed E-state index contributed by atoms with van der Waals surface area (Å²) in [4.78, 5) is 4.58. The fourth-order valence-corrected chi connectivity index (χ4v) is 4.45. The molecule has 0 saturated carbocycles. The van der Waals surface area contributed by atoms with E-state index in [-0.39, 0.29) is 36.6 Å². The second-order valence-electron chi connectivity index (χ2n) is 7.31. The lowest BCUT2D eigenvalue weighted by Crippen LogP contribution is -2.50. The predicted octanol–water partition coefficient (Wildman–Crippen LogP) is 2.66. The maximum atomic E-state index is 11.5. The van der Waals surface area contributed by atoms with Crippen molar-refractivity contribution in [3.8, 4) is 0 Å². The number of hydrogen-bond donors (Lipinski definition) is 2. The zero-order valence-corrected chi connectivity index (χ0v) is 19.8. The van der Waals surface area contributed by atoms with Crippen LogP contribution >= 0.6 is 36.4 Å². The fourth-order valence-electron chi connectivity index (χ4n) is 3.65. The van der Waals surface area contributed by atoms with Crippen LogP contribution in [0.1, 0.15) is 11.1 Å². The molecule has 6 nitrogen and oxygen atoms in total. The summed E-state index contributed by atoms with van der Waals surface area (Å²) in [5.41, 5.74) is 9.23. The van der Waals surface area contributed by atoms with Crippen LogP contribution in [-0.2, 0) is 22.2 Å². The zero-order valence-electron chi connectivity index (χ0n) is 16.6. The number of benzene rings is 2. The van der Waals surface area contributed by atoms with Gasteiger partial charge in [-0.2, -0.15) is 0 Å². The molecule has 0 aliphatic carbocycles. The van der Waals surface area contributed by atoms with Gasteiger partial charge in [0.2, 0.25) is 10.0 Å². The highest BCUT2D eigenvalue weighted by atomic mass is 35.5. The van der Waals surface area contributed by atoms with Crippen LogP contribution in [0.25, 0.3) is 0 Å². The van der Waals surface area contributed by atoms with Crippen LogP contribution in [0.3, 0.4) is 0 Å². The van der Waals surface area contributed by atoms with Gasteiger partial charge in [-0.05, 0) is 35.7 Å². The molecule has 0 amide bonds. The highest BCUT2D eigenvalue weighted by molar-refractivity contribution is 7.88. The van der Waals surface area contributed by atoms with Crippen molar-refractivity contribution in [2.45, 2.75) is 18.2 Å². The Labute approximate surface area is 196 Å². The third-order valence-electron chi connectivity index (χ3n) is 4.97. The van der Waals surface area contributed by atoms with Crippen molar-refractivity contribution in [3.05, 3.63) is 64.7 Å². The molecule has 0 unspecified atom stereocenters. The smallest absolute Gasteiger partial charge is 0.213 e. The van der Waals surface area contributed by atoms with Crippen LogP contribution in [-0.4, -0.2) is 52.1 Å². The van der Waals surface area contributed by atoms with Crippen LogP contribution in [0.5, 0.6) is 0 Å². The van der Waals surface area contributed by atoms with Crippen molar-refractivity contribution in [3.63, 3.8) is 0 Å². The topological polar surface area (TPSA) is 92.7 Å². The Kier molecular flexibility index (Phi) is 10.9. The molecule has 1 heterocycles. The first-order valence-corrected chi connectivity index (χ1v) is 11.5. The summed E-state index contributed by atoms with van der Waals surface area (Å²) in [6, 6.07) is 15.4.